The van der Waals surface area contributed by atoms with Gasteiger partial charge in [0.25, 0.3) is 5.56 Å². The van der Waals surface area contributed by atoms with E-state index >= 15 is 0 Å². The number of aromatic nitrogens is 2. The predicted octanol–water partition coefficient (Wildman–Crippen LogP) is 1.11. The van der Waals surface area contributed by atoms with E-state index in [2.05, 4.69) is 9.98 Å². The van der Waals surface area contributed by atoms with Crippen LogP contribution in [-0.4, -0.2) is 68.4 Å². The molecule has 1 saturated heterocycles. The second kappa shape index (κ2) is 10.5. The zero-order valence-corrected chi connectivity index (χ0v) is 18.9. The summed E-state index contributed by atoms with van der Waals surface area (Å²) in [6.07, 6.45) is 5.19. The van der Waals surface area contributed by atoms with E-state index in [4.69, 9.17) is 26.4 Å². The number of hydrogen-bond donors (Lipinski definition) is 3. The zero-order valence-electron chi connectivity index (χ0n) is 18.1. The number of hydrogen-bond acceptors (Lipinski definition) is 7. The van der Waals surface area contributed by atoms with Gasteiger partial charge in [-0.3, -0.25) is 19.3 Å². The van der Waals surface area contributed by atoms with Gasteiger partial charge >= 0.3 is 0 Å². The molecule has 0 spiro atoms. The van der Waals surface area contributed by atoms with Crippen molar-refractivity contribution in [1.82, 2.24) is 9.55 Å². The number of aromatic hydroxyl groups is 1. The molecule has 0 unspecified atom stereocenters. The van der Waals surface area contributed by atoms with Gasteiger partial charge in [-0.15, -0.1) is 0 Å². The quantitative estimate of drug-likeness (QED) is 0.412. The molecular formula is C21H29N4O5S+. The minimum atomic E-state index is -0.500. The number of piperidine rings is 1. The van der Waals surface area contributed by atoms with Crippen molar-refractivity contribution in [2.45, 2.75) is 19.3 Å². The van der Waals surface area contributed by atoms with Crippen molar-refractivity contribution in [3.05, 3.63) is 32.8 Å². The molecule has 1 fully saturated rings. The van der Waals surface area contributed by atoms with Crippen LogP contribution in [0.15, 0.2) is 21.9 Å². The van der Waals surface area contributed by atoms with Gasteiger partial charge in [0.1, 0.15) is 5.56 Å². The molecule has 10 heteroatoms. The van der Waals surface area contributed by atoms with Crippen LogP contribution in [0.5, 0.6) is 23.1 Å². The molecule has 1 aromatic carbocycles. The summed E-state index contributed by atoms with van der Waals surface area (Å²) in [7, 11) is 4.49. The molecule has 0 amide bonds. The first-order valence-corrected chi connectivity index (χ1v) is 10.6. The van der Waals surface area contributed by atoms with Crippen molar-refractivity contribution >= 4 is 18.4 Å². The number of rotatable bonds is 8. The number of ether oxygens (including phenoxy) is 3. The van der Waals surface area contributed by atoms with Gasteiger partial charge in [0.15, 0.2) is 16.3 Å². The molecule has 2 heterocycles. The Morgan fingerprint density at radius 2 is 1.81 bits per heavy atom. The monoisotopic (exact) mass is 449 g/mol. The summed E-state index contributed by atoms with van der Waals surface area (Å²) in [5.41, 5.74) is -0.0167. The van der Waals surface area contributed by atoms with Gasteiger partial charge < -0.3 is 24.2 Å². The second-order valence-corrected chi connectivity index (χ2v) is 7.70. The van der Waals surface area contributed by atoms with Gasteiger partial charge in [0.05, 0.1) is 53.2 Å². The summed E-state index contributed by atoms with van der Waals surface area (Å²) in [6.45, 7) is 3.80. The van der Waals surface area contributed by atoms with Crippen molar-refractivity contribution in [2.24, 2.45) is 4.99 Å². The van der Waals surface area contributed by atoms with Crippen molar-refractivity contribution in [3.63, 3.8) is 0 Å². The highest BCUT2D eigenvalue weighted by Crippen LogP contribution is 2.40. The number of aromatic amines is 1. The van der Waals surface area contributed by atoms with Gasteiger partial charge in [-0.1, -0.05) is 0 Å². The van der Waals surface area contributed by atoms with Gasteiger partial charge in [0.2, 0.25) is 11.6 Å². The molecule has 31 heavy (non-hydrogen) atoms. The van der Waals surface area contributed by atoms with Gasteiger partial charge in [-0.2, -0.15) is 0 Å². The molecule has 0 radical (unpaired) electrons. The van der Waals surface area contributed by atoms with Crippen molar-refractivity contribution in [1.29, 1.82) is 0 Å². The number of likely N-dealkylation sites (tertiary alicyclic amines) is 1. The first kappa shape index (κ1) is 22.8. The van der Waals surface area contributed by atoms with Crippen LogP contribution in [0.25, 0.3) is 5.69 Å². The molecule has 9 nitrogen and oxygen atoms in total. The molecule has 168 valence electrons. The first-order valence-electron chi connectivity index (χ1n) is 10.2. The van der Waals surface area contributed by atoms with Crippen LogP contribution in [-0.2, 0) is 0 Å². The van der Waals surface area contributed by atoms with Crippen LogP contribution in [0.2, 0.25) is 0 Å². The summed E-state index contributed by atoms with van der Waals surface area (Å²) in [5.74, 6) is 0.886. The lowest BCUT2D eigenvalue weighted by Crippen LogP contribution is -3.13. The maximum Gasteiger partial charge on any atom is 0.264 e. The summed E-state index contributed by atoms with van der Waals surface area (Å²) < 4.78 is 17.5. The molecule has 0 aliphatic carbocycles. The van der Waals surface area contributed by atoms with Crippen LogP contribution < -0.4 is 24.7 Å². The number of nitrogens with one attached hydrogen (secondary N) is 2. The Bertz CT molecular complexity index is 1030. The van der Waals surface area contributed by atoms with Gasteiger partial charge in [-0.25, -0.2) is 0 Å². The maximum atomic E-state index is 12.4. The van der Waals surface area contributed by atoms with E-state index in [1.165, 1.54) is 56.3 Å². The molecule has 0 atom stereocenters. The third-order valence-corrected chi connectivity index (χ3v) is 5.69. The largest absolute Gasteiger partial charge is 0.494 e. The molecule has 3 N–H and O–H groups in total. The Morgan fingerprint density at radius 1 is 1.16 bits per heavy atom. The topological polar surface area (TPSA) is 103 Å². The second-order valence-electron chi connectivity index (χ2n) is 7.31. The third kappa shape index (κ3) is 5.08. The number of benzene rings is 1. The summed E-state index contributed by atoms with van der Waals surface area (Å²) >= 11 is 5.30. The highest BCUT2D eigenvalue weighted by atomic mass is 32.1. The molecule has 1 aliphatic heterocycles. The molecule has 0 bridgehead atoms. The van der Waals surface area contributed by atoms with E-state index < -0.39 is 5.56 Å². The van der Waals surface area contributed by atoms with E-state index in [9.17, 15) is 9.90 Å². The van der Waals surface area contributed by atoms with E-state index in [1.807, 2.05) is 0 Å². The van der Waals surface area contributed by atoms with Crippen LogP contribution >= 0.6 is 12.2 Å². The number of quaternary nitrogens is 1. The standard InChI is InChI=1S/C21H28N4O5S/c1-28-16-11-14(12-17(29-2)18(16)30-3)25-20(27)15(19(26)23-21(25)31)13-22-7-10-24-8-5-4-6-9-24/h11-13,27H,4-10H2,1-3H3,(H,23,26,31)/p+1. The summed E-state index contributed by atoms with van der Waals surface area (Å²) in [5, 5.41) is 10.9. The Labute approximate surface area is 185 Å². The summed E-state index contributed by atoms with van der Waals surface area (Å²) in [6, 6.07) is 3.27. The van der Waals surface area contributed by atoms with Gasteiger partial charge in [-0.05, 0) is 31.5 Å². The fraction of sp³-hybridized carbons (Fsp3) is 0.476. The number of methoxy groups -OCH3 is 3. The highest BCUT2D eigenvalue weighted by molar-refractivity contribution is 7.71. The molecule has 3 rings (SSSR count). The lowest BCUT2D eigenvalue weighted by atomic mass is 10.1. The smallest absolute Gasteiger partial charge is 0.264 e. The fourth-order valence-electron chi connectivity index (χ4n) is 3.77. The fourth-order valence-corrected chi connectivity index (χ4v) is 4.06. The average molecular weight is 450 g/mol. The van der Waals surface area contributed by atoms with Crippen LogP contribution in [0.4, 0.5) is 0 Å². The van der Waals surface area contributed by atoms with Crippen LogP contribution in [0, 0.1) is 4.77 Å². The molecule has 1 aromatic heterocycles. The first-order chi connectivity index (χ1) is 15.0. The number of H-pyrrole nitrogens is 1. The SMILES string of the molecule is COc1cc(-n2c(O)c(C=NCC[NH+]3CCCCC3)c(=O)[nH]c2=S)cc(OC)c1OC. The lowest BCUT2D eigenvalue weighted by molar-refractivity contribution is -0.903. The molecule has 0 saturated carbocycles. The predicted molar refractivity (Wildman–Crippen MR) is 120 cm³/mol. The van der Waals surface area contributed by atoms with E-state index in [0.717, 1.165) is 19.6 Å². The Morgan fingerprint density at radius 3 is 2.39 bits per heavy atom. The Balaban J connectivity index is 1.94. The lowest BCUT2D eigenvalue weighted by Gasteiger charge is -2.22. The minimum absolute atomic E-state index is 0.0340. The molecule has 1 aliphatic rings. The summed E-state index contributed by atoms with van der Waals surface area (Å²) in [4.78, 5) is 20.9. The number of aliphatic imine (C=N–C) groups is 1. The Kier molecular flexibility index (Phi) is 7.69. The van der Waals surface area contributed by atoms with Crippen LogP contribution in [0.3, 0.4) is 0 Å². The molecule has 2 aromatic rings. The van der Waals surface area contributed by atoms with Crippen LogP contribution in [0.1, 0.15) is 24.8 Å². The van der Waals surface area contributed by atoms with Crippen molar-refractivity contribution < 1.29 is 24.2 Å². The molecular weight excluding hydrogens is 420 g/mol. The van der Waals surface area contributed by atoms with E-state index in [-0.39, 0.29) is 16.2 Å². The third-order valence-electron chi connectivity index (χ3n) is 5.40. The van der Waals surface area contributed by atoms with Crippen molar-refractivity contribution in [2.75, 3.05) is 47.5 Å². The maximum absolute atomic E-state index is 12.4. The van der Waals surface area contributed by atoms with Crippen molar-refractivity contribution in [3.8, 4) is 28.8 Å². The average Bonchev–Trinajstić information content (AvgIpc) is 2.78. The highest BCUT2D eigenvalue weighted by Gasteiger charge is 2.18. The Hall–Kier alpha value is -2.85. The number of nitrogens with zero attached hydrogens (tertiary/aromatic N) is 2. The van der Waals surface area contributed by atoms with E-state index in [0.29, 0.717) is 29.5 Å². The minimum Gasteiger partial charge on any atom is -0.494 e. The zero-order chi connectivity index (χ0) is 22.4. The van der Waals surface area contributed by atoms with E-state index in [1.54, 1.807) is 12.1 Å². The van der Waals surface area contributed by atoms with Gasteiger partial charge in [0, 0.05) is 18.3 Å². The normalized spacial score (nSPS) is 14.7.